The molecule has 6 nitrogen and oxygen atoms in total. The first-order valence-electron chi connectivity index (χ1n) is 9.09. The maximum absolute atomic E-state index is 12.3. The highest BCUT2D eigenvalue weighted by Crippen LogP contribution is 2.18. The number of rotatable bonds is 7. The number of nitrogens with zero attached hydrogens (tertiary/aromatic N) is 3. The van der Waals surface area contributed by atoms with Gasteiger partial charge in [-0.2, -0.15) is 5.10 Å². The standard InChI is InChI=1S/C21H24N4O2/c1-16-19(17(2)25(23-16)18-9-4-3-5-10-18)15-20(26)22-12-8-14-24-13-7-6-11-21(24)27/h3-7,9-11,13H,8,12,14-15H2,1-2H3,(H,22,26). The van der Waals surface area contributed by atoms with Gasteiger partial charge >= 0.3 is 0 Å². The first-order valence-corrected chi connectivity index (χ1v) is 9.09. The highest BCUT2D eigenvalue weighted by molar-refractivity contribution is 5.79. The number of hydrogen-bond acceptors (Lipinski definition) is 3. The van der Waals surface area contributed by atoms with Crippen LogP contribution in [0.5, 0.6) is 0 Å². The van der Waals surface area contributed by atoms with E-state index < -0.39 is 0 Å². The zero-order valence-corrected chi connectivity index (χ0v) is 15.7. The van der Waals surface area contributed by atoms with Gasteiger partial charge in [-0.05, 0) is 38.5 Å². The number of carbonyl (C=O) groups is 1. The van der Waals surface area contributed by atoms with E-state index in [0.29, 0.717) is 25.9 Å². The first-order chi connectivity index (χ1) is 13.1. The summed E-state index contributed by atoms with van der Waals surface area (Å²) in [7, 11) is 0. The molecule has 0 unspecified atom stereocenters. The molecule has 27 heavy (non-hydrogen) atoms. The summed E-state index contributed by atoms with van der Waals surface area (Å²) in [4.78, 5) is 24.0. The summed E-state index contributed by atoms with van der Waals surface area (Å²) < 4.78 is 3.52. The molecule has 0 fully saturated rings. The van der Waals surface area contributed by atoms with Gasteiger partial charge in [-0.1, -0.05) is 24.3 Å². The van der Waals surface area contributed by atoms with Crippen LogP contribution >= 0.6 is 0 Å². The van der Waals surface area contributed by atoms with Crippen molar-refractivity contribution in [3.05, 3.63) is 82.0 Å². The van der Waals surface area contributed by atoms with Gasteiger partial charge < -0.3 is 9.88 Å². The van der Waals surface area contributed by atoms with E-state index in [0.717, 1.165) is 22.6 Å². The van der Waals surface area contributed by atoms with E-state index in [1.165, 1.54) is 6.07 Å². The molecule has 0 saturated carbocycles. The van der Waals surface area contributed by atoms with Gasteiger partial charge in [0.1, 0.15) is 0 Å². The van der Waals surface area contributed by atoms with Crippen molar-refractivity contribution in [3.63, 3.8) is 0 Å². The Morgan fingerprint density at radius 3 is 2.56 bits per heavy atom. The highest BCUT2D eigenvalue weighted by atomic mass is 16.1. The molecule has 0 bridgehead atoms. The van der Waals surface area contributed by atoms with Crippen LogP contribution in [0.4, 0.5) is 0 Å². The van der Waals surface area contributed by atoms with Gasteiger partial charge in [-0.15, -0.1) is 0 Å². The third-order valence-electron chi connectivity index (χ3n) is 4.58. The van der Waals surface area contributed by atoms with Gasteiger partial charge in [0.05, 0.1) is 17.8 Å². The third kappa shape index (κ3) is 4.53. The minimum Gasteiger partial charge on any atom is -0.356 e. The second-order valence-electron chi connectivity index (χ2n) is 6.51. The maximum atomic E-state index is 12.3. The van der Waals surface area contributed by atoms with Crippen LogP contribution in [0, 0.1) is 13.8 Å². The second kappa shape index (κ2) is 8.49. The lowest BCUT2D eigenvalue weighted by Gasteiger charge is -2.08. The smallest absolute Gasteiger partial charge is 0.250 e. The summed E-state index contributed by atoms with van der Waals surface area (Å²) in [5, 5.41) is 7.51. The fraction of sp³-hybridized carbons (Fsp3) is 0.286. The number of aryl methyl sites for hydroxylation is 2. The number of aromatic nitrogens is 3. The summed E-state index contributed by atoms with van der Waals surface area (Å²) in [5.41, 5.74) is 3.75. The van der Waals surface area contributed by atoms with Crippen LogP contribution in [-0.4, -0.2) is 26.8 Å². The van der Waals surface area contributed by atoms with Gasteiger partial charge in [-0.3, -0.25) is 9.59 Å². The van der Waals surface area contributed by atoms with E-state index in [4.69, 9.17) is 0 Å². The zero-order valence-electron chi connectivity index (χ0n) is 15.7. The average Bonchev–Trinajstić information content (AvgIpc) is 2.95. The van der Waals surface area contributed by atoms with Gasteiger partial charge in [0.25, 0.3) is 0 Å². The summed E-state index contributed by atoms with van der Waals surface area (Å²) in [6, 6.07) is 15.0. The van der Waals surface area contributed by atoms with Crippen molar-refractivity contribution in [1.29, 1.82) is 0 Å². The Hall–Kier alpha value is -3.15. The van der Waals surface area contributed by atoms with E-state index in [-0.39, 0.29) is 11.5 Å². The van der Waals surface area contributed by atoms with Crippen molar-refractivity contribution in [2.45, 2.75) is 33.2 Å². The quantitative estimate of drug-likeness (QED) is 0.655. The van der Waals surface area contributed by atoms with Crippen molar-refractivity contribution in [2.24, 2.45) is 0 Å². The monoisotopic (exact) mass is 364 g/mol. The first kappa shape index (κ1) is 18.6. The molecule has 1 amide bonds. The average molecular weight is 364 g/mol. The van der Waals surface area contributed by atoms with Crippen molar-refractivity contribution >= 4 is 5.91 Å². The van der Waals surface area contributed by atoms with E-state index in [2.05, 4.69) is 10.4 Å². The fourth-order valence-electron chi connectivity index (χ4n) is 3.10. The normalized spacial score (nSPS) is 10.7. The Kier molecular flexibility index (Phi) is 5.86. The molecule has 0 aliphatic rings. The van der Waals surface area contributed by atoms with Crippen LogP contribution in [0.1, 0.15) is 23.4 Å². The van der Waals surface area contributed by atoms with Crippen LogP contribution in [0.15, 0.2) is 59.5 Å². The van der Waals surface area contributed by atoms with Gasteiger partial charge in [0.15, 0.2) is 0 Å². The molecular weight excluding hydrogens is 340 g/mol. The molecule has 3 rings (SSSR count). The molecule has 1 aromatic carbocycles. The number of pyridine rings is 1. The molecule has 0 saturated heterocycles. The molecule has 6 heteroatoms. The topological polar surface area (TPSA) is 68.9 Å². The van der Waals surface area contributed by atoms with Crippen molar-refractivity contribution in [3.8, 4) is 5.69 Å². The summed E-state index contributed by atoms with van der Waals surface area (Å²) >= 11 is 0. The van der Waals surface area contributed by atoms with Crippen LogP contribution in [0.2, 0.25) is 0 Å². The minimum atomic E-state index is -0.0331. The molecule has 0 aliphatic heterocycles. The minimum absolute atomic E-state index is 0.0246. The lowest BCUT2D eigenvalue weighted by molar-refractivity contribution is -0.120. The third-order valence-corrected chi connectivity index (χ3v) is 4.58. The predicted molar refractivity (Wildman–Crippen MR) is 105 cm³/mol. The number of hydrogen-bond donors (Lipinski definition) is 1. The molecule has 0 radical (unpaired) electrons. The number of amides is 1. The molecule has 0 spiro atoms. The Morgan fingerprint density at radius 2 is 1.81 bits per heavy atom. The van der Waals surface area contributed by atoms with Gasteiger partial charge in [-0.25, -0.2) is 4.68 Å². The molecule has 3 aromatic rings. The molecule has 1 N–H and O–H groups in total. The Labute approximate surface area is 158 Å². The van der Waals surface area contributed by atoms with Crippen molar-refractivity contribution < 1.29 is 4.79 Å². The Balaban J connectivity index is 1.56. The molecule has 2 aromatic heterocycles. The molecule has 0 atom stereocenters. The fourth-order valence-corrected chi connectivity index (χ4v) is 3.10. The largest absolute Gasteiger partial charge is 0.356 e. The summed E-state index contributed by atoms with van der Waals surface area (Å²) in [5.74, 6) is -0.0331. The molecule has 0 aliphatic carbocycles. The van der Waals surface area contributed by atoms with Gasteiger partial charge in [0.2, 0.25) is 11.5 Å². The van der Waals surface area contributed by atoms with Crippen LogP contribution < -0.4 is 10.9 Å². The van der Waals surface area contributed by atoms with Gasteiger partial charge in [0, 0.05) is 36.6 Å². The number of benzene rings is 1. The Morgan fingerprint density at radius 1 is 1.07 bits per heavy atom. The van der Waals surface area contributed by atoms with Crippen LogP contribution in [-0.2, 0) is 17.8 Å². The molecule has 2 heterocycles. The van der Waals surface area contributed by atoms with E-state index in [9.17, 15) is 9.59 Å². The van der Waals surface area contributed by atoms with Crippen LogP contribution in [0.25, 0.3) is 5.69 Å². The second-order valence-corrected chi connectivity index (χ2v) is 6.51. The SMILES string of the molecule is Cc1nn(-c2ccccc2)c(C)c1CC(=O)NCCCn1ccccc1=O. The molecule has 140 valence electrons. The van der Waals surface area contributed by atoms with E-state index in [1.54, 1.807) is 16.8 Å². The Bertz CT molecular complexity index is 973. The highest BCUT2D eigenvalue weighted by Gasteiger charge is 2.15. The lowest BCUT2D eigenvalue weighted by atomic mass is 10.1. The van der Waals surface area contributed by atoms with Crippen LogP contribution in [0.3, 0.4) is 0 Å². The predicted octanol–water partition coefficient (Wildman–Crippen LogP) is 2.40. The number of carbonyl (C=O) groups excluding carboxylic acids is 1. The molecular formula is C21H24N4O2. The summed E-state index contributed by atoms with van der Waals surface area (Å²) in [6.07, 6.45) is 2.77. The number of para-hydroxylation sites is 1. The van der Waals surface area contributed by atoms with E-state index >= 15 is 0 Å². The zero-order chi connectivity index (χ0) is 19.2. The maximum Gasteiger partial charge on any atom is 0.250 e. The van der Waals surface area contributed by atoms with Crippen molar-refractivity contribution in [2.75, 3.05) is 6.54 Å². The number of nitrogens with one attached hydrogen (secondary N) is 1. The van der Waals surface area contributed by atoms with Crippen molar-refractivity contribution in [1.82, 2.24) is 19.7 Å². The lowest BCUT2D eigenvalue weighted by Crippen LogP contribution is -2.28. The summed E-state index contributed by atoms with van der Waals surface area (Å²) in [6.45, 7) is 5.03. The van der Waals surface area contributed by atoms with E-state index in [1.807, 2.05) is 54.9 Å².